The van der Waals surface area contributed by atoms with Crippen LogP contribution in [0.2, 0.25) is 0 Å². The van der Waals surface area contributed by atoms with Gasteiger partial charge in [0.15, 0.2) is 0 Å². The van der Waals surface area contributed by atoms with Gasteiger partial charge in [-0.2, -0.15) is 0 Å². The Hall–Kier alpha value is -3.25. The maximum Gasteiger partial charge on any atom is 0.305 e. The molecule has 0 aliphatic heterocycles. The molecule has 0 radical (unpaired) electrons. The molecule has 0 amide bonds. The highest BCUT2D eigenvalue weighted by atomic mass is 16.5. The molecule has 0 aliphatic rings. The highest BCUT2D eigenvalue weighted by Gasteiger charge is 2.30. The molecule has 0 rings (SSSR count). The van der Waals surface area contributed by atoms with E-state index in [1.807, 2.05) is 34.6 Å². The van der Waals surface area contributed by atoms with Crippen LogP contribution in [0.5, 0.6) is 0 Å². The largest absolute Gasteiger partial charge is 0.481 e. The van der Waals surface area contributed by atoms with Crippen LogP contribution in [0.4, 0.5) is 0 Å². The molecular formula is C49H98O25. The van der Waals surface area contributed by atoms with Crippen LogP contribution >= 0.6 is 0 Å². The molecule has 15 N–H and O–H groups in total. The van der Waals surface area contributed by atoms with Gasteiger partial charge >= 0.3 is 29.8 Å². The molecule has 0 fully saturated rings. The monoisotopic (exact) mass is 1090 g/mol. The molecule has 0 aliphatic carbocycles. The molecule has 0 atom stereocenters. The van der Waals surface area contributed by atoms with Gasteiger partial charge in [-0.25, -0.2) is 0 Å². The van der Waals surface area contributed by atoms with Crippen molar-refractivity contribution in [1.29, 1.82) is 0 Å². The van der Waals surface area contributed by atoms with Crippen molar-refractivity contribution in [3.8, 4) is 0 Å². The zero-order chi connectivity index (χ0) is 58.0. The van der Waals surface area contributed by atoms with Gasteiger partial charge in [0.2, 0.25) is 0 Å². The van der Waals surface area contributed by atoms with Crippen LogP contribution in [-0.2, 0) is 47.7 Å². The summed E-state index contributed by atoms with van der Waals surface area (Å²) in [6, 6.07) is 0. The molecule has 444 valence electrons. The van der Waals surface area contributed by atoms with Gasteiger partial charge in [0, 0.05) is 79.2 Å². The molecule has 74 heavy (non-hydrogen) atoms. The lowest BCUT2D eigenvalue weighted by atomic mass is 9.88. The molecule has 0 saturated heterocycles. The molecular weight excluding hydrogens is 989 g/mol. The number of rotatable bonds is 44. The molecule has 0 aromatic carbocycles. The van der Waals surface area contributed by atoms with Crippen LogP contribution in [0.3, 0.4) is 0 Å². The standard InChI is InChI=1S/4C10H20O5.C9H18O5/c4*1-2-10(6-11,7-12)8-15-5-3-4-9(13)14;1-2-9(5-10,6-11)7-14-4-3-8(12)13/h4*11-12H,2-8H2,1H3,(H,13,14);10-11H,2-7H2,1H3,(H,12,13). The first kappa shape index (κ1) is 79.6. The van der Waals surface area contributed by atoms with Crippen molar-refractivity contribution < 1.29 is 124 Å². The molecule has 0 aromatic heterocycles. The summed E-state index contributed by atoms with van der Waals surface area (Å²) < 4.78 is 26.0. The Morgan fingerprint density at radius 1 is 0.270 bits per heavy atom. The van der Waals surface area contributed by atoms with Crippen LogP contribution in [0, 0.1) is 27.1 Å². The third-order valence-electron chi connectivity index (χ3n) is 12.3. The second-order valence-corrected chi connectivity index (χ2v) is 18.2. The third kappa shape index (κ3) is 42.9. The van der Waals surface area contributed by atoms with Gasteiger partial charge < -0.3 is 100 Å². The zero-order valence-electron chi connectivity index (χ0n) is 44.8. The maximum absolute atomic E-state index is 10.2. The lowest BCUT2D eigenvalue weighted by molar-refractivity contribution is -0.139. The van der Waals surface area contributed by atoms with Crippen molar-refractivity contribution in [2.45, 2.75) is 125 Å². The smallest absolute Gasteiger partial charge is 0.305 e. The van der Waals surface area contributed by atoms with E-state index in [1.165, 1.54) is 0 Å². The van der Waals surface area contributed by atoms with E-state index in [1.54, 1.807) is 0 Å². The summed E-state index contributed by atoms with van der Waals surface area (Å²) in [4.78, 5) is 50.9. The summed E-state index contributed by atoms with van der Waals surface area (Å²) in [7, 11) is 0. The van der Waals surface area contributed by atoms with Crippen LogP contribution in [0.25, 0.3) is 0 Å². The average Bonchev–Trinajstić information content (AvgIpc) is 3.39. The van der Waals surface area contributed by atoms with E-state index in [4.69, 9.17) is 100 Å². The molecule has 0 saturated carbocycles. The number of ether oxygens (including phenoxy) is 5. The van der Waals surface area contributed by atoms with Gasteiger partial charge in [-0.3, -0.25) is 24.0 Å². The second-order valence-electron chi connectivity index (χ2n) is 18.2. The molecule has 0 bridgehead atoms. The number of hydrogen-bond donors (Lipinski definition) is 15. The average molecular weight is 1090 g/mol. The number of carbonyl (C=O) groups is 5. The van der Waals surface area contributed by atoms with E-state index >= 15 is 0 Å². The number of aliphatic hydroxyl groups is 10. The van der Waals surface area contributed by atoms with E-state index in [0.29, 0.717) is 84.2 Å². The van der Waals surface area contributed by atoms with Gasteiger partial charge in [0.05, 0.1) is 112 Å². The predicted octanol–water partition coefficient (Wildman–Crippen LogP) is 0.854. The van der Waals surface area contributed by atoms with E-state index in [0.717, 1.165) is 0 Å². The van der Waals surface area contributed by atoms with Crippen molar-refractivity contribution in [3.63, 3.8) is 0 Å². The third-order valence-corrected chi connectivity index (χ3v) is 12.3. The quantitative estimate of drug-likeness (QED) is 0.0376. The van der Waals surface area contributed by atoms with Gasteiger partial charge in [0.25, 0.3) is 0 Å². The molecule has 0 heterocycles. The lowest BCUT2D eigenvalue weighted by Crippen LogP contribution is -2.34. The fourth-order valence-corrected chi connectivity index (χ4v) is 5.24. The van der Waals surface area contributed by atoms with Crippen molar-refractivity contribution in [2.75, 3.05) is 132 Å². The van der Waals surface area contributed by atoms with E-state index in [-0.39, 0.29) is 138 Å². The summed E-state index contributed by atoms with van der Waals surface area (Å²) in [5.74, 6) is -4.29. The van der Waals surface area contributed by atoms with Crippen LogP contribution in [0.15, 0.2) is 0 Å². The minimum atomic E-state index is -0.917. The van der Waals surface area contributed by atoms with Gasteiger partial charge in [0.1, 0.15) is 0 Å². The van der Waals surface area contributed by atoms with Crippen molar-refractivity contribution in [2.24, 2.45) is 27.1 Å². The number of hydrogen-bond acceptors (Lipinski definition) is 20. The summed E-state index contributed by atoms with van der Waals surface area (Å²) in [6.07, 6.45) is 5.15. The topological polar surface area (TPSA) is 435 Å². The van der Waals surface area contributed by atoms with Gasteiger partial charge in [-0.1, -0.05) is 34.6 Å². The summed E-state index contributed by atoms with van der Waals surface area (Å²) in [5, 5.41) is 133. The van der Waals surface area contributed by atoms with Crippen molar-refractivity contribution in [1.82, 2.24) is 0 Å². The normalized spacial score (nSPS) is 11.7. The number of aliphatic carboxylic acids is 5. The number of carboxylic acids is 5. The Morgan fingerprint density at radius 2 is 0.419 bits per heavy atom. The van der Waals surface area contributed by atoms with Crippen LogP contribution < -0.4 is 0 Å². The summed E-state index contributed by atoms with van der Waals surface area (Å²) in [6.45, 7) is 10.7. The second kappa shape index (κ2) is 50.6. The molecule has 0 spiro atoms. The maximum atomic E-state index is 10.2. The molecule has 25 nitrogen and oxygen atoms in total. The number of carboxylic acid groups (broad SMARTS) is 5. The predicted molar refractivity (Wildman–Crippen MR) is 268 cm³/mol. The molecule has 0 unspecified atom stereocenters. The Balaban J connectivity index is -0.000000268. The van der Waals surface area contributed by atoms with Gasteiger partial charge in [-0.05, 0) is 57.8 Å². The van der Waals surface area contributed by atoms with Crippen molar-refractivity contribution in [3.05, 3.63) is 0 Å². The van der Waals surface area contributed by atoms with Crippen LogP contribution in [-0.4, -0.2) is 239 Å². The van der Waals surface area contributed by atoms with Gasteiger partial charge in [-0.15, -0.1) is 0 Å². The first-order chi connectivity index (χ1) is 35.0. The van der Waals surface area contributed by atoms with Crippen molar-refractivity contribution >= 4 is 29.8 Å². The van der Waals surface area contributed by atoms with E-state index in [9.17, 15) is 24.0 Å². The minimum absolute atomic E-state index is 0.0589. The molecule has 25 heteroatoms. The summed E-state index contributed by atoms with van der Waals surface area (Å²) >= 11 is 0. The Bertz CT molecular complexity index is 1130. The molecule has 0 aromatic rings. The Kier molecular flexibility index (Phi) is 54.4. The highest BCUT2D eigenvalue weighted by molar-refractivity contribution is 5.67. The Morgan fingerprint density at radius 3 is 0.541 bits per heavy atom. The first-order valence-electron chi connectivity index (χ1n) is 25.1. The SMILES string of the molecule is CCC(CO)(CO)COCCC(=O)O.CCC(CO)(CO)COCCCC(=O)O.CCC(CO)(CO)COCCCC(=O)O.CCC(CO)(CO)COCCCC(=O)O.CCC(CO)(CO)COCCCC(=O)O. The van der Waals surface area contributed by atoms with Crippen LogP contribution in [0.1, 0.15) is 125 Å². The fourth-order valence-electron chi connectivity index (χ4n) is 5.24. The highest BCUT2D eigenvalue weighted by Crippen LogP contribution is 2.24. The van der Waals surface area contributed by atoms with E-state index in [2.05, 4.69) is 0 Å². The minimum Gasteiger partial charge on any atom is -0.481 e. The first-order valence-corrected chi connectivity index (χ1v) is 25.1. The van der Waals surface area contributed by atoms with E-state index < -0.39 is 56.9 Å². The fraction of sp³-hybridized carbons (Fsp3) is 0.898. The Labute approximate surface area is 437 Å². The zero-order valence-corrected chi connectivity index (χ0v) is 44.8. The lowest BCUT2D eigenvalue weighted by Gasteiger charge is -2.27. The number of aliphatic hydroxyl groups excluding tert-OH is 10. The summed E-state index contributed by atoms with van der Waals surface area (Å²) in [5.41, 5.74) is -3.02.